The fraction of sp³-hybridized carbons (Fsp3) is 0.0909. The Kier molecular flexibility index (Phi) is 3.05. The number of hydrogen-bond acceptors (Lipinski definition) is 3. The molecule has 2 aromatic rings. The maximum Gasteiger partial charge on any atom is 0.419 e. The van der Waals surface area contributed by atoms with Gasteiger partial charge in [-0.25, -0.2) is 4.79 Å². The Labute approximate surface area is 99.6 Å². The number of nitrogens with zero attached hydrogens (tertiary/aromatic N) is 2. The molecule has 94 valence electrons. The molecule has 1 heterocycles. The summed E-state index contributed by atoms with van der Waals surface area (Å²) in [7, 11) is 0. The van der Waals surface area contributed by atoms with Crippen LogP contribution in [0.1, 0.15) is 15.9 Å². The zero-order chi connectivity index (χ0) is 13.2. The van der Waals surface area contributed by atoms with Crippen LogP contribution < -0.4 is 4.84 Å². The Hall–Kier alpha value is -2.31. The summed E-state index contributed by atoms with van der Waals surface area (Å²) in [6.45, 7) is 0. The molecule has 0 spiro atoms. The van der Waals surface area contributed by atoms with E-state index in [2.05, 4.69) is 9.94 Å². The van der Waals surface area contributed by atoms with Gasteiger partial charge in [0.1, 0.15) is 0 Å². The van der Waals surface area contributed by atoms with E-state index in [9.17, 15) is 18.0 Å². The molecule has 0 radical (unpaired) electrons. The second-order valence-corrected chi connectivity index (χ2v) is 3.37. The van der Waals surface area contributed by atoms with Gasteiger partial charge in [0.2, 0.25) is 0 Å². The number of carbonyl (C=O) groups excluding carboxylic acids is 1. The molecule has 0 saturated heterocycles. The highest BCUT2D eigenvalue weighted by molar-refractivity contribution is 5.89. The fourth-order valence-electron chi connectivity index (χ4n) is 1.21. The van der Waals surface area contributed by atoms with E-state index in [0.29, 0.717) is 17.2 Å². The highest BCUT2D eigenvalue weighted by atomic mass is 19.4. The third-order valence-electron chi connectivity index (χ3n) is 2.07. The van der Waals surface area contributed by atoms with Crippen LogP contribution in [0.25, 0.3) is 0 Å². The van der Waals surface area contributed by atoms with Crippen LogP contribution >= 0.6 is 0 Å². The van der Waals surface area contributed by atoms with Crippen molar-refractivity contribution < 1.29 is 22.8 Å². The predicted octanol–water partition coefficient (Wildman–Crippen LogP) is 2.17. The van der Waals surface area contributed by atoms with Gasteiger partial charge in [-0.15, -0.1) is 5.10 Å². The molecule has 0 fully saturated rings. The van der Waals surface area contributed by atoms with Crippen molar-refractivity contribution in [2.75, 3.05) is 0 Å². The minimum atomic E-state index is -4.52. The minimum absolute atomic E-state index is 0.224. The van der Waals surface area contributed by atoms with E-state index < -0.39 is 17.7 Å². The van der Waals surface area contributed by atoms with E-state index in [1.807, 2.05) is 0 Å². The van der Waals surface area contributed by atoms with Crippen molar-refractivity contribution >= 4 is 5.97 Å². The number of alkyl halides is 3. The lowest BCUT2D eigenvalue weighted by Gasteiger charge is -2.03. The molecule has 0 N–H and O–H groups in total. The Morgan fingerprint density at radius 2 is 1.89 bits per heavy atom. The molecule has 18 heavy (non-hydrogen) atoms. The third-order valence-corrected chi connectivity index (χ3v) is 2.07. The monoisotopic (exact) mass is 256 g/mol. The first-order chi connectivity index (χ1) is 8.47. The first kappa shape index (κ1) is 12.2. The van der Waals surface area contributed by atoms with E-state index >= 15 is 0 Å². The molecule has 0 amide bonds. The molecule has 0 bridgehead atoms. The Morgan fingerprint density at radius 1 is 1.22 bits per heavy atom. The Balaban J connectivity index is 2.11. The maximum atomic E-state index is 12.3. The quantitative estimate of drug-likeness (QED) is 0.827. The molecule has 0 aliphatic rings. The van der Waals surface area contributed by atoms with E-state index in [0.717, 1.165) is 0 Å². The van der Waals surface area contributed by atoms with Crippen LogP contribution in [0.15, 0.2) is 42.7 Å². The van der Waals surface area contributed by atoms with Crippen molar-refractivity contribution in [3.63, 3.8) is 0 Å². The second-order valence-electron chi connectivity index (χ2n) is 3.37. The highest BCUT2D eigenvalue weighted by Gasteiger charge is 2.32. The van der Waals surface area contributed by atoms with E-state index in [1.54, 1.807) is 18.2 Å². The van der Waals surface area contributed by atoms with Gasteiger partial charge in [0.15, 0.2) is 0 Å². The van der Waals surface area contributed by atoms with E-state index in [4.69, 9.17) is 0 Å². The molecular formula is C11H7F3N2O2. The van der Waals surface area contributed by atoms with Gasteiger partial charge in [-0.05, 0) is 12.1 Å². The van der Waals surface area contributed by atoms with Crippen molar-refractivity contribution in [2.45, 2.75) is 6.18 Å². The van der Waals surface area contributed by atoms with Crippen molar-refractivity contribution in [1.29, 1.82) is 0 Å². The molecule has 2 rings (SSSR count). The number of benzene rings is 1. The molecule has 0 atom stereocenters. The molecule has 7 heteroatoms. The normalized spacial score (nSPS) is 11.3. The van der Waals surface area contributed by atoms with E-state index in [1.165, 1.54) is 12.1 Å². The zero-order valence-corrected chi connectivity index (χ0v) is 8.89. The molecule has 1 aromatic heterocycles. The minimum Gasteiger partial charge on any atom is -0.314 e. The SMILES string of the molecule is O=C(On1cc(C(F)(F)F)cn1)c1ccccc1. The predicted molar refractivity (Wildman–Crippen MR) is 54.6 cm³/mol. The number of halogens is 3. The van der Waals surface area contributed by atoms with Crippen molar-refractivity contribution in [1.82, 2.24) is 9.94 Å². The molecule has 1 aromatic carbocycles. The number of hydrogen-bond donors (Lipinski definition) is 0. The zero-order valence-electron chi connectivity index (χ0n) is 8.89. The largest absolute Gasteiger partial charge is 0.419 e. The van der Waals surface area contributed by atoms with Crippen molar-refractivity contribution in [3.05, 3.63) is 53.9 Å². The lowest BCUT2D eigenvalue weighted by Crippen LogP contribution is -2.20. The third kappa shape index (κ3) is 2.68. The van der Waals surface area contributed by atoms with Gasteiger partial charge in [0.05, 0.1) is 23.5 Å². The van der Waals surface area contributed by atoms with Gasteiger partial charge >= 0.3 is 12.1 Å². The van der Waals surface area contributed by atoms with Gasteiger partial charge in [-0.1, -0.05) is 23.0 Å². The smallest absolute Gasteiger partial charge is 0.314 e. The Bertz CT molecular complexity index is 549. The van der Waals surface area contributed by atoms with Crippen molar-refractivity contribution in [2.24, 2.45) is 0 Å². The average molecular weight is 256 g/mol. The van der Waals surface area contributed by atoms with Crippen LogP contribution in [-0.4, -0.2) is 15.9 Å². The molecule has 0 aliphatic heterocycles. The van der Waals surface area contributed by atoms with Gasteiger partial charge in [-0.3, -0.25) is 0 Å². The molecule has 4 nitrogen and oxygen atoms in total. The summed E-state index contributed by atoms with van der Waals surface area (Å²) in [5.41, 5.74) is -0.759. The summed E-state index contributed by atoms with van der Waals surface area (Å²) in [5.74, 6) is -0.785. The molecule has 0 saturated carbocycles. The van der Waals surface area contributed by atoms with Gasteiger partial charge in [0.25, 0.3) is 0 Å². The molecular weight excluding hydrogens is 249 g/mol. The Morgan fingerprint density at radius 3 is 2.44 bits per heavy atom. The standard InChI is InChI=1S/C11H7F3N2O2/c12-11(13,14)9-6-15-16(7-9)18-10(17)8-4-2-1-3-5-8/h1-7H. The first-order valence-electron chi connectivity index (χ1n) is 4.86. The second kappa shape index (κ2) is 4.52. The summed E-state index contributed by atoms with van der Waals surface area (Å²) in [6.07, 6.45) is -3.34. The summed E-state index contributed by atoms with van der Waals surface area (Å²) in [4.78, 5) is 16.6. The van der Waals surface area contributed by atoms with Gasteiger partial charge in [0, 0.05) is 0 Å². The fourth-order valence-corrected chi connectivity index (χ4v) is 1.21. The topological polar surface area (TPSA) is 44.1 Å². The van der Waals surface area contributed by atoms with Crippen LogP contribution in [0, 0.1) is 0 Å². The van der Waals surface area contributed by atoms with Crippen LogP contribution in [0.5, 0.6) is 0 Å². The summed E-state index contributed by atoms with van der Waals surface area (Å²) in [5, 5.41) is 3.30. The summed E-state index contributed by atoms with van der Waals surface area (Å²) >= 11 is 0. The van der Waals surface area contributed by atoms with E-state index in [-0.39, 0.29) is 5.56 Å². The number of carbonyl (C=O) groups is 1. The van der Waals surface area contributed by atoms with Crippen LogP contribution in [0.4, 0.5) is 13.2 Å². The lowest BCUT2D eigenvalue weighted by molar-refractivity contribution is -0.137. The summed E-state index contributed by atoms with van der Waals surface area (Å²) < 4.78 is 36.8. The number of aromatic nitrogens is 2. The van der Waals surface area contributed by atoms with Crippen LogP contribution in [0.3, 0.4) is 0 Å². The average Bonchev–Trinajstić information content (AvgIpc) is 2.78. The van der Waals surface area contributed by atoms with Crippen LogP contribution in [0.2, 0.25) is 0 Å². The molecule has 0 aliphatic carbocycles. The first-order valence-corrected chi connectivity index (χ1v) is 4.86. The lowest BCUT2D eigenvalue weighted by atomic mass is 10.2. The van der Waals surface area contributed by atoms with Crippen LogP contribution in [-0.2, 0) is 6.18 Å². The van der Waals surface area contributed by atoms with Gasteiger partial charge in [-0.2, -0.15) is 13.2 Å². The van der Waals surface area contributed by atoms with Gasteiger partial charge < -0.3 is 4.84 Å². The maximum absolute atomic E-state index is 12.3. The summed E-state index contributed by atoms with van der Waals surface area (Å²) in [6, 6.07) is 7.89. The number of rotatable bonds is 2. The molecule has 0 unspecified atom stereocenters. The van der Waals surface area contributed by atoms with Crippen molar-refractivity contribution in [3.8, 4) is 0 Å². The highest BCUT2D eigenvalue weighted by Crippen LogP contribution is 2.28.